The van der Waals surface area contributed by atoms with E-state index in [2.05, 4.69) is 39.8 Å². The highest BCUT2D eigenvalue weighted by Crippen LogP contribution is 2.40. The SMILES string of the molecule is CC1(C)CCC(O)(CNc2ccc3nnnn3n2)CC1. The van der Waals surface area contributed by atoms with Gasteiger partial charge in [0.25, 0.3) is 0 Å². The van der Waals surface area contributed by atoms with Crippen molar-refractivity contribution in [3.05, 3.63) is 12.1 Å². The monoisotopic (exact) mass is 276 g/mol. The van der Waals surface area contributed by atoms with Crippen LogP contribution in [0.15, 0.2) is 12.1 Å². The van der Waals surface area contributed by atoms with E-state index in [1.807, 2.05) is 6.07 Å². The van der Waals surface area contributed by atoms with Crippen molar-refractivity contribution in [2.45, 2.75) is 45.1 Å². The van der Waals surface area contributed by atoms with E-state index < -0.39 is 5.60 Å². The van der Waals surface area contributed by atoms with Crippen molar-refractivity contribution in [2.24, 2.45) is 5.41 Å². The normalized spacial score (nSPS) is 20.9. The third-order valence-corrected chi connectivity index (χ3v) is 4.20. The summed E-state index contributed by atoms with van der Waals surface area (Å²) in [6.07, 6.45) is 3.73. The zero-order valence-electron chi connectivity index (χ0n) is 11.9. The van der Waals surface area contributed by atoms with Gasteiger partial charge in [0.1, 0.15) is 5.82 Å². The van der Waals surface area contributed by atoms with E-state index in [0.717, 1.165) is 25.7 Å². The van der Waals surface area contributed by atoms with Crippen LogP contribution in [0.4, 0.5) is 5.82 Å². The van der Waals surface area contributed by atoms with Gasteiger partial charge in [-0.1, -0.05) is 13.8 Å². The quantitative estimate of drug-likeness (QED) is 0.877. The molecule has 108 valence electrons. The van der Waals surface area contributed by atoms with Gasteiger partial charge < -0.3 is 10.4 Å². The molecule has 2 aromatic rings. The molecular weight excluding hydrogens is 256 g/mol. The van der Waals surface area contributed by atoms with Crippen molar-refractivity contribution in [3.8, 4) is 0 Å². The standard InChI is InChI=1S/C13H20N6O/c1-12(2)5-7-13(20,8-6-12)9-14-10-3-4-11-15-17-18-19(11)16-10/h3-4,20H,5-9H2,1-2H3,(H,14,16). The number of aliphatic hydroxyl groups is 1. The summed E-state index contributed by atoms with van der Waals surface area (Å²) >= 11 is 0. The Morgan fingerprint density at radius 1 is 1.25 bits per heavy atom. The number of hydrogen-bond donors (Lipinski definition) is 2. The lowest BCUT2D eigenvalue weighted by Gasteiger charge is -2.40. The van der Waals surface area contributed by atoms with Gasteiger partial charge in [0.15, 0.2) is 5.65 Å². The zero-order valence-corrected chi connectivity index (χ0v) is 11.9. The Labute approximate surface area is 117 Å². The van der Waals surface area contributed by atoms with Gasteiger partial charge in [-0.15, -0.1) is 14.8 Å². The van der Waals surface area contributed by atoms with E-state index in [0.29, 0.717) is 23.4 Å². The van der Waals surface area contributed by atoms with Gasteiger partial charge in [-0.05, 0) is 53.7 Å². The number of hydrogen-bond acceptors (Lipinski definition) is 6. The summed E-state index contributed by atoms with van der Waals surface area (Å²) in [5.41, 5.74) is 0.302. The van der Waals surface area contributed by atoms with Gasteiger partial charge in [0.2, 0.25) is 0 Å². The van der Waals surface area contributed by atoms with Gasteiger partial charge in [-0.3, -0.25) is 0 Å². The maximum Gasteiger partial charge on any atom is 0.200 e. The molecule has 1 fully saturated rings. The average Bonchev–Trinajstić information content (AvgIpc) is 2.88. The Morgan fingerprint density at radius 3 is 2.75 bits per heavy atom. The molecule has 0 saturated heterocycles. The Bertz CT molecular complexity index is 598. The number of nitrogens with one attached hydrogen (secondary N) is 1. The Morgan fingerprint density at radius 2 is 2.00 bits per heavy atom. The predicted molar refractivity (Wildman–Crippen MR) is 74.3 cm³/mol. The molecule has 1 saturated carbocycles. The lowest BCUT2D eigenvalue weighted by Crippen LogP contribution is -2.42. The van der Waals surface area contributed by atoms with Gasteiger partial charge in [-0.25, -0.2) is 0 Å². The average molecular weight is 276 g/mol. The summed E-state index contributed by atoms with van der Waals surface area (Å²) in [5.74, 6) is 0.669. The summed E-state index contributed by atoms with van der Waals surface area (Å²) in [5, 5.41) is 29.1. The lowest BCUT2D eigenvalue weighted by atomic mass is 9.71. The fourth-order valence-electron chi connectivity index (χ4n) is 2.57. The molecule has 7 nitrogen and oxygen atoms in total. The molecule has 0 aliphatic heterocycles. The van der Waals surface area contributed by atoms with E-state index in [1.54, 1.807) is 6.07 Å². The van der Waals surface area contributed by atoms with Crippen molar-refractivity contribution >= 4 is 11.5 Å². The highest BCUT2D eigenvalue weighted by Gasteiger charge is 2.36. The van der Waals surface area contributed by atoms with Gasteiger partial charge in [0.05, 0.1) is 5.60 Å². The Kier molecular flexibility index (Phi) is 3.08. The molecule has 0 spiro atoms. The van der Waals surface area contributed by atoms with Crippen LogP contribution >= 0.6 is 0 Å². The highest BCUT2D eigenvalue weighted by molar-refractivity contribution is 5.42. The molecule has 0 unspecified atom stereocenters. The fourth-order valence-corrected chi connectivity index (χ4v) is 2.57. The number of rotatable bonds is 3. The maximum absolute atomic E-state index is 10.6. The molecule has 2 aromatic heterocycles. The van der Waals surface area contributed by atoms with E-state index >= 15 is 0 Å². The molecule has 2 N–H and O–H groups in total. The molecule has 0 bridgehead atoms. The third-order valence-electron chi connectivity index (χ3n) is 4.20. The van der Waals surface area contributed by atoms with Gasteiger partial charge >= 0.3 is 0 Å². The van der Waals surface area contributed by atoms with Crippen molar-refractivity contribution in [1.82, 2.24) is 25.3 Å². The van der Waals surface area contributed by atoms with Gasteiger partial charge in [0, 0.05) is 6.54 Å². The van der Waals surface area contributed by atoms with Crippen molar-refractivity contribution in [1.29, 1.82) is 0 Å². The summed E-state index contributed by atoms with van der Waals surface area (Å²) in [4.78, 5) is 0. The van der Waals surface area contributed by atoms with Crippen LogP contribution in [0.3, 0.4) is 0 Å². The molecular formula is C13H20N6O. The summed E-state index contributed by atoms with van der Waals surface area (Å²) in [7, 11) is 0. The van der Waals surface area contributed by atoms with Crippen molar-refractivity contribution < 1.29 is 5.11 Å². The topological polar surface area (TPSA) is 88.2 Å². The van der Waals surface area contributed by atoms with Crippen molar-refractivity contribution in [3.63, 3.8) is 0 Å². The van der Waals surface area contributed by atoms with Crippen LogP contribution in [0.5, 0.6) is 0 Å². The Balaban J connectivity index is 1.64. The first kappa shape index (κ1) is 13.2. The van der Waals surface area contributed by atoms with Crippen LogP contribution in [0.25, 0.3) is 5.65 Å². The second-order valence-corrected chi connectivity index (χ2v) is 6.49. The zero-order chi connectivity index (χ0) is 14.2. The first-order valence-electron chi connectivity index (χ1n) is 6.98. The largest absolute Gasteiger partial charge is 0.388 e. The van der Waals surface area contributed by atoms with E-state index in [4.69, 9.17) is 0 Å². The molecule has 2 heterocycles. The minimum Gasteiger partial charge on any atom is -0.388 e. The smallest absolute Gasteiger partial charge is 0.200 e. The third kappa shape index (κ3) is 2.72. The number of nitrogens with zero attached hydrogens (tertiary/aromatic N) is 5. The first-order chi connectivity index (χ1) is 9.46. The van der Waals surface area contributed by atoms with Crippen LogP contribution < -0.4 is 5.32 Å². The highest BCUT2D eigenvalue weighted by atomic mass is 16.3. The maximum atomic E-state index is 10.6. The van der Waals surface area contributed by atoms with Crippen LogP contribution in [0.2, 0.25) is 0 Å². The van der Waals surface area contributed by atoms with Gasteiger partial charge in [-0.2, -0.15) is 0 Å². The van der Waals surface area contributed by atoms with E-state index in [1.165, 1.54) is 4.63 Å². The molecule has 20 heavy (non-hydrogen) atoms. The first-order valence-corrected chi connectivity index (χ1v) is 6.98. The molecule has 0 radical (unpaired) electrons. The Hall–Kier alpha value is -1.76. The van der Waals surface area contributed by atoms with E-state index in [-0.39, 0.29) is 0 Å². The molecule has 0 aromatic carbocycles. The van der Waals surface area contributed by atoms with Crippen LogP contribution in [-0.4, -0.2) is 42.5 Å². The second kappa shape index (κ2) is 4.66. The minimum atomic E-state index is -0.646. The number of aromatic nitrogens is 5. The number of tetrazole rings is 1. The molecule has 0 amide bonds. The summed E-state index contributed by atoms with van der Waals surface area (Å²) in [6.45, 7) is 5.02. The molecule has 0 atom stereocenters. The molecule has 1 aliphatic carbocycles. The summed E-state index contributed by atoms with van der Waals surface area (Å²) in [6, 6.07) is 3.62. The lowest BCUT2D eigenvalue weighted by molar-refractivity contribution is -0.0146. The second-order valence-electron chi connectivity index (χ2n) is 6.49. The molecule has 3 rings (SSSR count). The van der Waals surface area contributed by atoms with E-state index in [9.17, 15) is 5.11 Å². The summed E-state index contributed by atoms with van der Waals surface area (Å²) < 4.78 is 1.37. The van der Waals surface area contributed by atoms with Crippen LogP contribution in [-0.2, 0) is 0 Å². The number of fused-ring (bicyclic) bond motifs is 1. The van der Waals surface area contributed by atoms with Crippen LogP contribution in [0.1, 0.15) is 39.5 Å². The minimum absolute atomic E-state index is 0.343. The van der Waals surface area contributed by atoms with Crippen LogP contribution in [0, 0.1) is 5.41 Å². The number of anilines is 1. The molecule has 7 heteroatoms. The van der Waals surface area contributed by atoms with Crippen molar-refractivity contribution in [2.75, 3.05) is 11.9 Å². The molecule has 1 aliphatic rings. The fraction of sp³-hybridized carbons (Fsp3) is 0.692. The predicted octanol–water partition coefficient (Wildman–Crippen LogP) is 1.26.